The van der Waals surface area contributed by atoms with Gasteiger partial charge in [-0.05, 0) is 36.8 Å². The maximum absolute atomic E-state index is 11.8. The molecule has 0 aliphatic carbocycles. The zero-order valence-electron chi connectivity index (χ0n) is 12.9. The predicted octanol–water partition coefficient (Wildman–Crippen LogP) is 2.27. The van der Waals surface area contributed by atoms with Gasteiger partial charge >= 0.3 is 0 Å². The van der Waals surface area contributed by atoms with Gasteiger partial charge in [-0.15, -0.1) is 0 Å². The molecule has 0 spiro atoms. The number of carbonyl (C=O) groups is 2. The van der Waals surface area contributed by atoms with Gasteiger partial charge in [0.2, 0.25) is 17.8 Å². The first-order chi connectivity index (χ1) is 11.1. The average molecular weight is 313 g/mol. The predicted molar refractivity (Wildman–Crippen MR) is 89.1 cm³/mol. The lowest BCUT2D eigenvalue weighted by Gasteiger charge is -2.07. The van der Waals surface area contributed by atoms with E-state index in [0.29, 0.717) is 36.7 Å². The van der Waals surface area contributed by atoms with Gasteiger partial charge in [-0.1, -0.05) is 0 Å². The summed E-state index contributed by atoms with van der Waals surface area (Å²) < 4.78 is 0. The second kappa shape index (κ2) is 8.47. The third-order valence-corrected chi connectivity index (χ3v) is 2.92. The molecule has 0 aliphatic heterocycles. The summed E-state index contributed by atoms with van der Waals surface area (Å²) in [5.41, 5.74) is 1.39. The minimum absolute atomic E-state index is 0.0620. The van der Waals surface area contributed by atoms with Gasteiger partial charge in [-0.2, -0.15) is 0 Å². The van der Waals surface area contributed by atoms with Crippen molar-refractivity contribution >= 4 is 29.1 Å². The van der Waals surface area contributed by atoms with E-state index in [0.717, 1.165) is 0 Å². The normalized spacial score (nSPS) is 9.96. The largest absolute Gasteiger partial charge is 0.354 e. The fourth-order valence-corrected chi connectivity index (χ4v) is 1.90. The average Bonchev–Trinajstić information content (AvgIpc) is 2.54. The molecule has 1 aromatic heterocycles. The number of amides is 2. The van der Waals surface area contributed by atoms with Crippen LogP contribution in [-0.4, -0.2) is 28.3 Å². The Kier molecular flexibility index (Phi) is 6.05. The molecule has 3 N–H and O–H groups in total. The van der Waals surface area contributed by atoms with Crippen LogP contribution in [0.1, 0.15) is 19.8 Å². The maximum Gasteiger partial charge on any atom is 0.224 e. The summed E-state index contributed by atoms with van der Waals surface area (Å²) in [7, 11) is 0. The van der Waals surface area contributed by atoms with E-state index in [1.807, 2.05) is 0 Å². The van der Waals surface area contributed by atoms with Crippen LogP contribution >= 0.6 is 0 Å². The van der Waals surface area contributed by atoms with Crippen molar-refractivity contribution in [2.75, 3.05) is 22.5 Å². The van der Waals surface area contributed by atoms with Crippen molar-refractivity contribution in [2.24, 2.45) is 0 Å². The third kappa shape index (κ3) is 6.13. The van der Waals surface area contributed by atoms with E-state index in [1.54, 1.807) is 42.7 Å². The van der Waals surface area contributed by atoms with Crippen LogP contribution in [0.2, 0.25) is 0 Å². The number of benzene rings is 1. The number of carbonyl (C=O) groups excluding carboxylic acids is 2. The van der Waals surface area contributed by atoms with E-state index in [1.165, 1.54) is 6.92 Å². The van der Waals surface area contributed by atoms with Gasteiger partial charge in [0.05, 0.1) is 0 Å². The van der Waals surface area contributed by atoms with Crippen molar-refractivity contribution in [3.63, 3.8) is 0 Å². The molecule has 0 radical (unpaired) electrons. The summed E-state index contributed by atoms with van der Waals surface area (Å²) in [4.78, 5) is 30.9. The van der Waals surface area contributed by atoms with Crippen molar-refractivity contribution in [2.45, 2.75) is 19.8 Å². The van der Waals surface area contributed by atoms with Crippen LogP contribution in [0, 0.1) is 0 Å². The Hall–Kier alpha value is -2.96. The van der Waals surface area contributed by atoms with Gasteiger partial charge in [-0.25, -0.2) is 9.97 Å². The lowest BCUT2D eigenvalue weighted by atomic mass is 10.2. The number of hydrogen-bond acceptors (Lipinski definition) is 5. The number of nitrogens with one attached hydrogen (secondary N) is 3. The second-order valence-electron chi connectivity index (χ2n) is 4.91. The van der Waals surface area contributed by atoms with Gasteiger partial charge in [-0.3, -0.25) is 9.59 Å². The highest BCUT2D eigenvalue weighted by molar-refractivity contribution is 5.92. The van der Waals surface area contributed by atoms with Crippen LogP contribution in [0.4, 0.5) is 17.3 Å². The summed E-state index contributed by atoms with van der Waals surface area (Å²) in [6.07, 6.45) is 4.39. The van der Waals surface area contributed by atoms with Crippen molar-refractivity contribution in [1.82, 2.24) is 9.97 Å². The van der Waals surface area contributed by atoms with E-state index in [2.05, 4.69) is 25.9 Å². The van der Waals surface area contributed by atoms with Crippen molar-refractivity contribution < 1.29 is 9.59 Å². The topological polar surface area (TPSA) is 96.0 Å². The SMILES string of the molecule is CC(=O)Nc1ccc(NC(=O)CCCNc2ncccn2)cc1. The van der Waals surface area contributed by atoms with Gasteiger partial charge < -0.3 is 16.0 Å². The minimum atomic E-state index is -0.128. The Morgan fingerprint density at radius 2 is 1.61 bits per heavy atom. The van der Waals surface area contributed by atoms with Gasteiger partial charge in [0.1, 0.15) is 0 Å². The Balaban J connectivity index is 1.69. The molecule has 0 aliphatic rings. The quantitative estimate of drug-likeness (QED) is 0.681. The summed E-state index contributed by atoms with van der Waals surface area (Å²) in [6, 6.07) is 8.73. The molecule has 0 fully saturated rings. The molecule has 0 unspecified atom stereocenters. The highest BCUT2D eigenvalue weighted by atomic mass is 16.2. The Morgan fingerprint density at radius 1 is 1.00 bits per heavy atom. The van der Waals surface area contributed by atoms with Crippen LogP contribution in [-0.2, 0) is 9.59 Å². The molecule has 2 aromatic rings. The number of rotatable bonds is 7. The summed E-state index contributed by atoms with van der Waals surface area (Å²) >= 11 is 0. The van der Waals surface area contributed by atoms with Crippen LogP contribution in [0.3, 0.4) is 0 Å². The van der Waals surface area contributed by atoms with Crippen LogP contribution in [0.15, 0.2) is 42.7 Å². The Labute approximate surface area is 134 Å². The highest BCUT2D eigenvalue weighted by Crippen LogP contribution is 2.13. The smallest absolute Gasteiger partial charge is 0.224 e. The van der Waals surface area contributed by atoms with Crippen molar-refractivity contribution in [3.8, 4) is 0 Å². The summed E-state index contributed by atoms with van der Waals surface area (Å²) in [6.45, 7) is 2.07. The van der Waals surface area contributed by atoms with Crippen molar-refractivity contribution in [3.05, 3.63) is 42.7 Å². The molecule has 0 saturated heterocycles. The number of hydrogen-bond donors (Lipinski definition) is 3. The first kappa shape index (κ1) is 16.4. The lowest BCUT2D eigenvalue weighted by Crippen LogP contribution is -2.14. The van der Waals surface area contributed by atoms with Gasteiger partial charge in [0.15, 0.2) is 0 Å². The molecule has 1 heterocycles. The summed E-state index contributed by atoms with van der Waals surface area (Å²) in [5.74, 6) is 0.367. The molecule has 7 heteroatoms. The zero-order chi connectivity index (χ0) is 16.5. The van der Waals surface area contributed by atoms with E-state index in [4.69, 9.17) is 0 Å². The zero-order valence-corrected chi connectivity index (χ0v) is 12.9. The Bertz CT molecular complexity index is 643. The molecule has 2 rings (SSSR count). The van der Waals surface area contributed by atoms with E-state index in [-0.39, 0.29) is 11.8 Å². The fraction of sp³-hybridized carbons (Fsp3) is 0.250. The molecule has 1 aromatic carbocycles. The minimum Gasteiger partial charge on any atom is -0.354 e. The van der Waals surface area contributed by atoms with E-state index in [9.17, 15) is 9.59 Å². The second-order valence-corrected chi connectivity index (χ2v) is 4.91. The molecule has 23 heavy (non-hydrogen) atoms. The third-order valence-electron chi connectivity index (χ3n) is 2.92. The maximum atomic E-state index is 11.8. The highest BCUT2D eigenvalue weighted by Gasteiger charge is 2.03. The van der Waals surface area contributed by atoms with Crippen LogP contribution < -0.4 is 16.0 Å². The van der Waals surface area contributed by atoms with E-state index < -0.39 is 0 Å². The molecule has 0 saturated carbocycles. The summed E-state index contributed by atoms with van der Waals surface area (Å²) in [5, 5.41) is 8.53. The molecule has 2 amide bonds. The number of aromatic nitrogens is 2. The van der Waals surface area contributed by atoms with E-state index >= 15 is 0 Å². The monoisotopic (exact) mass is 313 g/mol. The molecule has 7 nitrogen and oxygen atoms in total. The standard InChI is InChI=1S/C16H19N5O2/c1-12(22)20-13-5-7-14(8-6-13)21-15(23)4-2-9-17-16-18-10-3-11-19-16/h3,5-8,10-11H,2,4,9H2,1H3,(H,20,22)(H,21,23)(H,17,18,19). The van der Waals surface area contributed by atoms with Crippen molar-refractivity contribution in [1.29, 1.82) is 0 Å². The molecule has 0 atom stereocenters. The molecular weight excluding hydrogens is 294 g/mol. The number of nitrogens with zero attached hydrogens (tertiary/aromatic N) is 2. The molecule has 120 valence electrons. The van der Waals surface area contributed by atoms with Gasteiger partial charge in [0.25, 0.3) is 0 Å². The Morgan fingerprint density at radius 3 is 2.22 bits per heavy atom. The molecule has 0 bridgehead atoms. The van der Waals surface area contributed by atoms with Crippen LogP contribution in [0.25, 0.3) is 0 Å². The van der Waals surface area contributed by atoms with Crippen LogP contribution in [0.5, 0.6) is 0 Å². The number of anilines is 3. The fourth-order valence-electron chi connectivity index (χ4n) is 1.90. The molecular formula is C16H19N5O2. The first-order valence-corrected chi connectivity index (χ1v) is 7.32. The lowest BCUT2D eigenvalue weighted by molar-refractivity contribution is -0.116. The first-order valence-electron chi connectivity index (χ1n) is 7.32. The van der Waals surface area contributed by atoms with Gasteiger partial charge in [0, 0.05) is 43.7 Å².